The summed E-state index contributed by atoms with van der Waals surface area (Å²) in [5.74, 6) is -0.540. The summed E-state index contributed by atoms with van der Waals surface area (Å²) in [6.45, 7) is 7.00. The second-order valence-electron chi connectivity index (χ2n) is 8.76. The highest BCUT2D eigenvalue weighted by molar-refractivity contribution is 5.95. The number of carbonyl (C=O) groups is 2. The molecule has 2 amide bonds. The number of nitro groups is 2. The second kappa shape index (κ2) is 8.74. The van der Waals surface area contributed by atoms with Crippen molar-refractivity contribution in [1.82, 2.24) is 10.2 Å². The largest absolute Gasteiger partial charge is 0.348 e. The SMILES string of the molecule is CC(C)(C)C(=O)N1CCc2cc(CNC(=O)c3cc([N+](=O)[O-])cc([N+](=O)[O-])c3)ccc2C1. The van der Waals surface area contributed by atoms with Crippen molar-refractivity contribution in [2.45, 2.75) is 40.3 Å². The van der Waals surface area contributed by atoms with Gasteiger partial charge in [0.25, 0.3) is 17.3 Å². The van der Waals surface area contributed by atoms with Crippen LogP contribution < -0.4 is 5.32 Å². The molecule has 1 aliphatic heterocycles. The molecule has 2 aromatic rings. The van der Waals surface area contributed by atoms with Crippen LogP contribution in [0.5, 0.6) is 0 Å². The molecule has 1 N–H and O–H groups in total. The Hall–Kier alpha value is -3.82. The van der Waals surface area contributed by atoms with E-state index in [4.69, 9.17) is 0 Å². The average Bonchev–Trinajstić information content (AvgIpc) is 2.75. The molecule has 0 atom stereocenters. The Morgan fingerprint density at radius 2 is 1.62 bits per heavy atom. The molecular weight excluding hydrogens is 416 g/mol. The molecule has 0 bridgehead atoms. The molecule has 2 aromatic carbocycles. The van der Waals surface area contributed by atoms with Gasteiger partial charge >= 0.3 is 0 Å². The van der Waals surface area contributed by atoms with Gasteiger partial charge in [0.2, 0.25) is 5.91 Å². The van der Waals surface area contributed by atoms with Crippen LogP contribution in [0.2, 0.25) is 0 Å². The smallest absolute Gasteiger partial charge is 0.277 e. The van der Waals surface area contributed by atoms with Gasteiger partial charge in [-0.1, -0.05) is 39.0 Å². The molecule has 1 aliphatic rings. The van der Waals surface area contributed by atoms with Crippen molar-refractivity contribution in [1.29, 1.82) is 0 Å². The molecule has 168 valence electrons. The minimum absolute atomic E-state index is 0.102. The molecule has 0 spiro atoms. The lowest BCUT2D eigenvalue weighted by atomic mass is 9.91. The van der Waals surface area contributed by atoms with Gasteiger partial charge in [-0.3, -0.25) is 29.8 Å². The van der Waals surface area contributed by atoms with Crippen molar-refractivity contribution in [2.24, 2.45) is 5.41 Å². The third-order valence-corrected chi connectivity index (χ3v) is 5.25. The number of non-ortho nitro benzene ring substituents is 2. The Bertz CT molecular complexity index is 1070. The Morgan fingerprint density at radius 1 is 1.00 bits per heavy atom. The van der Waals surface area contributed by atoms with Crippen LogP contribution in [0.3, 0.4) is 0 Å². The fourth-order valence-electron chi connectivity index (χ4n) is 3.59. The number of nitro benzene ring substituents is 2. The average molecular weight is 440 g/mol. The molecule has 0 saturated heterocycles. The van der Waals surface area contributed by atoms with Crippen LogP contribution in [0.25, 0.3) is 0 Å². The van der Waals surface area contributed by atoms with Crippen molar-refractivity contribution in [3.8, 4) is 0 Å². The van der Waals surface area contributed by atoms with Gasteiger partial charge in [0.05, 0.1) is 21.5 Å². The van der Waals surface area contributed by atoms with Crippen LogP contribution in [0.1, 0.15) is 47.8 Å². The topological polar surface area (TPSA) is 136 Å². The van der Waals surface area contributed by atoms with Crippen LogP contribution in [0.4, 0.5) is 11.4 Å². The zero-order valence-corrected chi connectivity index (χ0v) is 18.1. The summed E-state index contributed by atoms with van der Waals surface area (Å²) < 4.78 is 0. The van der Waals surface area contributed by atoms with Gasteiger partial charge in [-0.05, 0) is 23.1 Å². The molecule has 0 radical (unpaired) electrons. The molecule has 0 aromatic heterocycles. The summed E-state index contributed by atoms with van der Waals surface area (Å²) in [7, 11) is 0. The van der Waals surface area contributed by atoms with E-state index in [0.29, 0.717) is 19.5 Å². The van der Waals surface area contributed by atoms with Crippen molar-refractivity contribution in [3.63, 3.8) is 0 Å². The normalized spacial score (nSPS) is 13.3. The number of fused-ring (bicyclic) bond motifs is 1. The molecule has 1 heterocycles. The zero-order valence-electron chi connectivity index (χ0n) is 18.1. The minimum atomic E-state index is -0.777. The third kappa shape index (κ3) is 5.08. The number of rotatable bonds is 5. The van der Waals surface area contributed by atoms with Crippen molar-refractivity contribution < 1.29 is 19.4 Å². The van der Waals surface area contributed by atoms with Gasteiger partial charge in [-0.15, -0.1) is 0 Å². The maximum absolute atomic E-state index is 12.5. The van der Waals surface area contributed by atoms with Gasteiger partial charge in [-0.2, -0.15) is 0 Å². The van der Waals surface area contributed by atoms with Crippen LogP contribution >= 0.6 is 0 Å². The number of nitrogens with zero attached hydrogens (tertiary/aromatic N) is 3. The lowest BCUT2D eigenvalue weighted by Gasteiger charge is -2.33. The first-order chi connectivity index (χ1) is 15.0. The van der Waals surface area contributed by atoms with Crippen molar-refractivity contribution in [2.75, 3.05) is 6.54 Å². The predicted molar refractivity (Wildman–Crippen MR) is 116 cm³/mol. The Labute approximate surface area is 184 Å². The number of nitrogens with one attached hydrogen (secondary N) is 1. The van der Waals surface area contributed by atoms with Gasteiger partial charge in [0, 0.05) is 37.2 Å². The fraction of sp³-hybridized carbons (Fsp3) is 0.364. The highest BCUT2D eigenvalue weighted by Crippen LogP contribution is 2.26. The quantitative estimate of drug-likeness (QED) is 0.559. The fourth-order valence-corrected chi connectivity index (χ4v) is 3.59. The second-order valence-corrected chi connectivity index (χ2v) is 8.76. The highest BCUT2D eigenvalue weighted by atomic mass is 16.6. The molecule has 10 heteroatoms. The summed E-state index contributed by atoms with van der Waals surface area (Å²) in [5, 5.41) is 24.7. The van der Waals surface area contributed by atoms with Crippen LogP contribution in [0.15, 0.2) is 36.4 Å². The van der Waals surface area contributed by atoms with Crippen LogP contribution in [0, 0.1) is 25.6 Å². The summed E-state index contributed by atoms with van der Waals surface area (Å²) in [4.78, 5) is 47.3. The lowest BCUT2D eigenvalue weighted by Crippen LogP contribution is -2.42. The third-order valence-electron chi connectivity index (χ3n) is 5.25. The van der Waals surface area contributed by atoms with E-state index >= 15 is 0 Å². The molecule has 10 nitrogen and oxygen atoms in total. The molecule has 0 unspecified atom stereocenters. The highest BCUT2D eigenvalue weighted by Gasteiger charge is 2.29. The van der Waals surface area contributed by atoms with E-state index in [1.54, 1.807) is 0 Å². The molecule has 0 fully saturated rings. The molecule has 3 rings (SSSR count). The van der Waals surface area contributed by atoms with E-state index in [-0.39, 0.29) is 18.0 Å². The first-order valence-electron chi connectivity index (χ1n) is 10.1. The number of hydrogen-bond donors (Lipinski definition) is 1. The van der Waals surface area contributed by atoms with Gasteiger partial charge in [0.15, 0.2) is 0 Å². The van der Waals surface area contributed by atoms with Crippen molar-refractivity contribution in [3.05, 3.63) is 78.9 Å². The lowest BCUT2D eigenvalue weighted by molar-refractivity contribution is -0.394. The van der Waals surface area contributed by atoms with Crippen LogP contribution in [-0.2, 0) is 24.3 Å². The van der Waals surface area contributed by atoms with E-state index in [2.05, 4.69) is 5.32 Å². The maximum atomic E-state index is 12.5. The zero-order chi connectivity index (χ0) is 23.6. The number of benzene rings is 2. The number of amides is 2. The van der Waals surface area contributed by atoms with E-state index in [0.717, 1.165) is 34.9 Å². The first-order valence-corrected chi connectivity index (χ1v) is 10.1. The molecule has 32 heavy (non-hydrogen) atoms. The van der Waals surface area contributed by atoms with Crippen molar-refractivity contribution >= 4 is 23.2 Å². The first kappa shape index (κ1) is 22.9. The molecule has 0 aliphatic carbocycles. The standard InChI is InChI=1S/C22H24N4O6/c1-22(2,3)21(28)24-7-6-15-8-14(4-5-16(15)13-24)12-23-20(27)17-9-18(25(29)30)11-19(10-17)26(31)32/h4-5,8-11H,6-7,12-13H2,1-3H3,(H,23,27). The molecular formula is C22H24N4O6. The van der Waals surface area contributed by atoms with E-state index in [9.17, 15) is 29.8 Å². The Kier molecular flexibility index (Phi) is 6.24. The summed E-state index contributed by atoms with van der Waals surface area (Å²) in [6, 6.07) is 8.57. The van der Waals surface area contributed by atoms with E-state index in [1.807, 2.05) is 43.9 Å². The summed E-state index contributed by atoms with van der Waals surface area (Å²) in [5.41, 5.74) is 1.34. The van der Waals surface area contributed by atoms with Gasteiger partial charge in [0.1, 0.15) is 0 Å². The summed E-state index contributed by atoms with van der Waals surface area (Å²) in [6.07, 6.45) is 0.704. The minimum Gasteiger partial charge on any atom is -0.348 e. The van der Waals surface area contributed by atoms with E-state index < -0.39 is 32.5 Å². The van der Waals surface area contributed by atoms with Crippen LogP contribution in [-0.4, -0.2) is 33.1 Å². The predicted octanol–water partition coefficient (Wildman–Crippen LogP) is 3.36. The monoisotopic (exact) mass is 440 g/mol. The molecule has 0 saturated carbocycles. The van der Waals surface area contributed by atoms with Gasteiger partial charge < -0.3 is 10.2 Å². The number of carbonyl (C=O) groups excluding carboxylic acids is 2. The maximum Gasteiger partial charge on any atom is 0.277 e. The van der Waals surface area contributed by atoms with Gasteiger partial charge in [-0.25, -0.2) is 0 Å². The Morgan fingerprint density at radius 3 is 2.19 bits per heavy atom. The number of hydrogen-bond acceptors (Lipinski definition) is 6. The summed E-state index contributed by atoms with van der Waals surface area (Å²) >= 11 is 0. The Balaban J connectivity index is 1.70. The van der Waals surface area contributed by atoms with E-state index in [1.165, 1.54) is 0 Å².